The first-order chi connectivity index (χ1) is 13.8. The van der Waals surface area contributed by atoms with E-state index in [4.69, 9.17) is 4.98 Å². The Kier molecular flexibility index (Phi) is 8.41. The van der Waals surface area contributed by atoms with E-state index in [9.17, 15) is 4.79 Å². The lowest BCUT2D eigenvalue weighted by Gasteiger charge is -2.25. The quantitative estimate of drug-likeness (QED) is 0.480. The first-order valence-electron chi connectivity index (χ1n) is 10.3. The van der Waals surface area contributed by atoms with Crippen LogP contribution < -0.4 is 4.90 Å². The molecular weight excluding hydrogens is 418 g/mol. The Morgan fingerprint density at radius 2 is 1.83 bits per heavy atom. The minimum absolute atomic E-state index is 0. The highest BCUT2D eigenvalue weighted by molar-refractivity contribution is 7.22. The predicted molar refractivity (Wildman–Crippen MR) is 128 cm³/mol. The summed E-state index contributed by atoms with van der Waals surface area (Å²) in [6.45, 7) is 15.7. The molecule has 30 heavy (non-hydrogen) atoms. The van der Waals surface area contributed by atoms with Crippen LogP contribution in [0.1, 0.15) is 55.5 Å². The number of fused-ring (bicyclic) bond motifs is 1. The molecule has 0 fully saturated rings. The Morgan fingerprint density at radius 1 is 1.13 bits per heavy atom. The number of likely N-dealkylation sites (N-methyl/N-ethyl adjacent to an activating group) is 1. The molecule has 0 spiro atoms. The standard InChI is InChI=1S/C22H31N5OS.ClH/c1-7-25(8-2)11-12-26(21(28)19-14-17(6)24-27(19)15(3)4)22-23-18-10-9-16(5)13-20(18)29-22;/h9-10,13-15H,7-8,11-12H2,1-6H3;1H. The summed E-state index contributed by atoms with van der Waals surface area (Å²) in [5.41, 5.74) is 3.60. The number of anilines is 1. The Morgan fingerprint density at radius 3 is 2.47 bits per heavy atom. The van der Waals surface area contributed by atoms with Crippen molar-refractivity contribution in [3.05, 3.63) is 41.2 Å². The van der Waals surface area contributed by atoms with Gasteiger partial charge < -0.3 is 4.90 Å². The average molecular weight is 450 g/mol. The van der Waals surface area contributed by atoms with E-state index in [2.05, 4.69) is 42.9 Å². The van der Waals surface area contributed by atoms with Gasteiger partial charge in [-0.1, -0.05) is 31.3 Å². The van der Waals surface area contributed by atoms with Crippen LogP contribution in [0, 0.1) is 13.8 Å². The van der Waals surface area contributed by atoms with Gasteiger partial charge in [0.1, 0.15) is 5.69 Å². The van der Waals surface area contributed by atoms with Crippen LogP contribution >= 0.6 is 23.7 Å². The molecule has 1 aromatic carbocycles. The van der Waals surface area contributed by atoms with Crippen LogP contribution in [0.25, 0.3) is 10.2 Å². The largest absolute Gasteiger partial charge is 0.302 e. The van der Waals surface area contributed by atoms with Crippen molar-refractivity contribution in [2.75, 3.05) is 31.1 Å². The average Bonchev–Trinajstić information content (AvgIpc) is 3.28. The number of rotatable bonds is 8. The maximum atomic E-state index is 13.6. The lowest BCUT2D eigenvalue weighted by atomic mass is 10.2. The van der Waals surface area contributed by atoms with Gasteiger partial charge in [0.2, 0.25) is 0 Å². The number of carbonyl (C=O) groups excluding carboxylic acids is 1. The third-order valence-electron chi connectivity index (χ3n) is 5.11. The zero-order valence-corrected chi connectivity index (χ0v) is 20.3. The van der Waals surface area contributed by atoms with Crippen molar-refractivity contribution in [1.29, 1.82) is 0 Å². The SMILES string of the molecule is CCN(CC)CCN(C(=O)c1cc(C)nn1C(C)C)c1nc2ccc(C)cc2s1.Cl. The monoisotopic (exact) mass is 449 g/mol. The molecule has 164 valence electrons. The molecule has 0 bridgehead atoms. The topological polar surface area (TPSA) is 54.3 Å². The second kappa shape index (κ2) is 10.4. The summed E-state index contributed by atoms with van der Waals surface area (Å²) in [7, 11) is 0. The smallest absolute Gasteiger partial charge is 0.278 e. The Hall–Kier alpha value is -1.96. The van der Waals surface area contributed by atoms with Gasteiger partial charge in [-0.2, -0.15) is 5.10 Å². The summed E-state index contributed by atoms with van der Waals surface area (Å²) in [6, 6.07) is 8.21. The van der Waals surface area contributed by atoms with Crippen LogP contribution in [0.5, 0.6) is 0 Å². The van der Waals surface area contributed by atoms with Crippen molar-refractivity contribution in [3.63, 3.8) is 0 Å². The molecule has 0 unspecified atom stereocenters. The summed E-state index contributed by atoms with van der Waals surface area (Å²) < 4.78 is 2.92. The third-order valence-corrected chi connectivity index (χ3v) is 6.15. The molecular formula is C22H32ClN5OS. The van der Waals surface area contributed by atoms with E-state index in [1.165, 1.54) is 5.56 Å². The van der Waals surface area contributed by atoms with Gasteiger partial charge in [-0.05, 0) is 64.5 Å². The van der Waals surface area contributed by atoms with E-state index in [-0.39, 0.29) is 24.4 Å². The van der Waals surface area contributed by atoms with Crippen LogP contribution in [0.15, 0.2) is 24.3 Å². The molecule has 6 nitrogen and oxygen atoms in total. The molecule has 0 aliphatic rings. The molecule has 1 amide bonds. The molecule has 2 aromatic heterocycles. The third kappa shape index (κ3) is 5.20. The van der Waals surface area contributed by atoms with Crippen LogP contribution in [0.3, 0.4) is 0 Å². The minimum Gasteiger partial charge on any atom is -0.302 e. The second-order valence-electron chi connectivity index (χ2n) is 7.66. The fourth-order valence-electron chi connectivity index (χ4n) is 3.41. The number of aromatic nitrogens is 3. The molecule has 0 aliphatic carbocycles. The van der Waals surface area contributed by atoms with Crippen LogP contribution in [-0.4, -0.2) is 51.8 Å². The second-order valence-corrected chi connectivity index (χ2v) is 8.67. The number of hydrogen-bond donors (Lipinski definition) is 0. The van der Waals surface area contributed by atoms with E-state index in [1.54, 1.807) is 11.3 Å². The van der Waals surface area contributed by atoms with Gasteiger partial charge in [0.05, 0.1) is 15.9 Å². The minimum atomic E-state index is -0.0396. The molecule has 0 radical (unpaired) electrons. The molecule has 3 aromatic rings. The fraction of sp³-hybridized carbons (Fsp3) is 0.500. The molecule has 0 N–H and O–H groups in total. The summed E-state index contributed by atoms with van der Waals surface area (Å²) in [5.74, 6) is -0.0396. The van der Waals surface area contributed by atoms with Crippen molar-refractivity contribution in [3.8, 4) is 0 Å². The van der Waals surface area contributed by atoms with Crippen molar-refractivity contribution in [2.24, 2.45) is 0 Å². The number of aryl methyl sites for hydroxylation is 2. The maximum absolute atomic E-state index is 13.6. The molecule has 0 aliphatic heterocycles. The van der Waals surface area contributed by atoms with E-state index in [0.29, 0.717) is 12.2 Å². The Labute approximate surface area is 189 Å². The molecule has 0 saturated heterocycles. The number of thiazole rings is 1. The first-order valence-corrected chi connectivity index (χ1v) is 11.1. The maximum Gasteiger partial charge on any atom is 0.278 e. The van der Waals surface area contributed by atoms with Gasteiger partial charge in [0, 0.05) is 19.1 Å². The highest BCUT2D eigenvalue weighted by atomic mass is 35.5. The zero-order valence-electron chi connectivity index (χ0n) is 18.7. The number of amides is 1. The van der Waals surface area contributed by atoms with Crippen molar-refractivity contribution in [2.45, 2.75) is 47.6 Å². The van der Waals surface area contributed by atoms with Crippen molar-refractivity contribution in [1.82, 2.24) is 19.7 Å². The lowest BCUT2D eigenvalue weighted by molar-refractivity contribution is 0.0971. The number of halogens is 1. The highest BCUT2D eigenvalue weighted by Gasteiger charge is 2.26. The number of nitrogens with zero attached hydrogens (tertiary/aromatic N) is 5. The van der Waals surface area contributed by atoms with E-state index >= 15 is 0 Å². The summed E-state index contributed by atoms with van der Waals surface area (Å²) in [4.78, 5) is 22.6. The molecule has 0 saturated carbocycles. The van der Waals surface area contributed by atoms with Gasteiger partial charge in [-0.15, -0.1) is 12.4 Å². The summed E-state index contributed by atoms with van der Waals surface area (Å²) >= 11 is 1.58. The highest BCUT2D eigenvalue weighted by Crippen LogP contribution is 2.30. The number of carbonyl (C=O) groups is 1. The van der Waals surface area contributed by atoms with Crippen LogP contribution in [0.4, 0.5) is 5.13 Å². The number of benzene rings is 1. The van der Waals surface area contributed by atoms with Gasteiger partial charge in [-0.25, -0.2) is 4.98 Å². The molecule has 2 heterocycles. The van der Waals surface area contributed by atoms with Crippen molar-refractivity contribution >= 4 is 45.0 Å². The Balaban J connectivity index is 0.00000320. The molecule has 3 rings (SSSR count). The first kappa shape index (κ1) is 24.3. The van der Waals surface area contributed by atoms with Gasteiger partial charge in [0.25, 0.3) is 5.91 Å². The molecule has 0 atom stereocenters. The van der Waals surface area contributed by atoms with Gasteiger partial charge in [-0.3, -0.25) is 14.4 Å². The normalized spacial score (nSPS) is 11.3. The van der Waals surface area contributed by atoms with E-state index in [1.807, 2.05) is 42.5 Å². The predicted octanol–water partition coefficient (Wildman–Crippen LogP) is 5.10. The zero-order chi connectivity index (χ0) is 21.1. The van der Waals surface area contributed by atoms with Gasteiger partial charge in [0.15, 0.2) is 5.13 Å². The number of hydrogen-bond acceptors (Lipinski definition) is 5. The van der Waals surface area contributed by atoms with Crippen LogP contribution in [-0.2, 0) is 0 Å². The van der Waals surface area contributed by atoms with Gasteiger partial charge >= 0.3 is 0 Å². The Bertz CT molecular complexity index is 993. The van der Waals surface area contributed by atoms with E-state index in [0.717, 1.165) is 40.7 Å². The van der Waals surface area contributed by atoms with Crippen LogP contribution in [0.2, 0.25) is 0 Å². The van der Waals surface area contributed by atoms with E-state index < -0.39 is 0 Å². The summed E-state index contributed by atoms with van der Waals surface area (Å²) in [6.07, 6.45) is 0. The fourth-order valence-corrected chi connectivity index (χ4v) is 4.50. The molecule has 8 heteroatoms. The summed E-state index contributed by atoms with van der Waals surface area (Å²) in [5, 5.41) is 5.28. The lowest BCUT2D eigenvalue weighted by Crippen LogP contribution is -2.39. The van der Waals surface area contributed by atoms with Crippen molar-refractivity contribution < 1.29 is 4.79 Å².